The van der Waals surface area contributed by atoms with Gasteiger partial charge in [0.2, 0.25) is 0 Å². The fraction of sp³-hybridized carbons (Fsp3) is 0. The van der Waals surface area contributed by atoms with E-state index in [1.54, 1.807) is 0 Å². The summed E-state index contributed by atoms with van der Waals surface area (Å²) in [6, 6.07) is 0. The molecular formula is H5MoO11PW. The van der Waals surface area contributed by atoms with Crippen molar-refractivity contribution in [1.29, 1.82) is 0 Å². The third kappa shape index (κ3) is 39.0. The van der Waals surface area contributed by atoms with Gasteiger partial charge in [-0.3, -0.25) is 0 Å². The second-order valence-electron chi connectivity index (χ2n) is 1.44. The quantitative estimate of drug-likeness (QED) is 0.201. The molecule has 0 fully saturated rings. The predicted octanol–water partition coefficient (Wildman–Crippen LogP) is -2.59. The van der Waals surface area contributed by atoms with Crippen molar-refractivity contribution in [2.24, 2.45) is 0 Å². The number of hydrogen-bond acceptors (Lipinski definition) is 6. The molecule has 0 unspecified atom stereocenters. The van der Waals surface area contributed by atoms with E-state index in [4.69, 9.17) is 27.9 Å². The summed E-state index contributed by atoms with van der Waals surface area (Å²) < 4.78 is 71.5. The fourth-order valence-electron chi connectivity index (χ4n) is 0.123. The van der Waals surface area contributed by atoms with Gasteiger partial charge < -0.3 is 0 Å². The van der Waals surface area contributed by atoms with Crippen molar-refractivity contribution in [3.63, 3.8) is 0 Å². The van der Waals surface area contributed by atoms with Crippen LogP contribution in [0.15, 0.2) is 0 Å². The van der Waals surface area contributed by atoms with Crippen LogP contribution in [0.4, 0.5) is 0 Å². The van der Waals surface area contributed by atoms with Crippen molar-refractivity contribution in [2.45, 2.75) is 0 Å². The van der Waals surface area contributed by atoms with Gasteiger partial charge in [-0.1, -0.05) is 0 Å². The van der Waals surface area contributed by atoms with E-state index in [9.17, 15) is 11.4 Å². The molecule has 0 bridgehead atoms. The van der Waals surface area contributed by atoms with Gasteiger partial charge in [-0.25, -0.2) is 0 Å². The molecule has 88 valence electrons. The molecular weight excluding hydrogens is 487 g/mol. The fourth-order valence-corrected chi connectivity index (χ4v) is 3.01. The van der Waals surface area contributed by atoms with E-state index in [1.807, 2.05) is 0 Å². The minimum atomic E-state index is -6.19. The maximum atomic E-state index is 9.61. The Hall–Kier alpha value is 0.567. The number of phosphoric acid groups is 1. The molecule has 14 heteroatoms. The Morgan fingerprint density at radius 2 is 1.36 bits per heavy atom. The van der Waals surface area contributed by atoms with Crippen molar-refractivity contribution in [2.75, 3.05) is 0 Å². The molecule has 0 radical (unpaired) electrons. The Kier molecular flexibility index (Phi) is 6.79. The van der Waals surface area contributed by atoms with E-state index in [-0.39, 0.29) is 0 Å². The summed E-state index contributed by atoms with van der Waals surface area (Å²) in [6.45, 7) is 0. The zero-order chi connectivity index (χ0) is 12.2. The molecule has 0 aromatic heterocycles. The van der Waals surface area contributed by atoms with Gasteiger partial charge in [-0.15, -0.1) is 0 Å². The van der Waals surface area contributed by atoms with Crippen LogP contribution in [0.1, 0.15) is 0 Å². The topological polar surface area (TPSA) is 196 Å². The second-order valence-corrected chi connectivity index (χ2v) is 9.45. The minimum absolute atomic E-state index is 2.94. The summed E-state index contributed by atoms with van der Waals surface area (Å²) in [4.78, 5) is 15.5. The Morgan fingerprint density at radius 1 is 1.14 bits per heavy atom. The first-order chi connectivity index (χ1) is 5.71. The van der Waals surface area contributed by atoms with Gasteiger partial charge >= 0.3 is 83.7 Å². The van der Waals surface area contributed by atoms with Gasteiger partial charge in [0.05, 0.1) is 0 Å². The average Bonchev–Trinajstić information content (AvgIpc) is 1.42. The first-order valence-electron chi connectivity index (χ1n) is 2.15. The van der Waals surface area contributed by atoms with Crippen LogP contribution in [-0.4, -0.2) is 21.1 Å². The van der Waals surface area contributed by atoms with Crippen LogP contribution in [0.25, 0.3) is 0 Å². The van der Waals surface area contributed by atoms with Gasteiger partial charge in [0.15, 0.2) is 0 Å². The summed E-state index contributed by atoms with van der Waals surface area (Å²) in [5.41, 5.74) is 0. The Balaban J connectivity index is 0. The summed E-state index contributed by atoms with van der Waals surface area (Å²) in [5, 5.41) is 0. The van der Waals surface area contributed by atoms with Gasteiger partial charge in [-0.2, -0.15) is 0 Å². The van der Waals surface area contributed by atoms with Gasteiger partial charge in [0, 0.05) is 0 Å². The third-order valence-electron chi connectivity index (χ3n) is 0.191. The molecule has 0 amide bonds. The average molecular weight is 492 g/mol. The van der Waals surface area contributed by atoms with Crippen molar-refractivity contribution >= 4 is 7.82 Å². The third-order valence-corrected chi connectivity index (χ3v) is 4.70. The molecule has 0 atom stereocenters. The van der Waals surface area contributed by atoms with Crippen molar-refractivity contribution in [3.05, 3.63) is 0 Å². The number of rotatable bonds is 2. The SMILES string of the molecule is O=P(O)(O)[O][W](=[O])(=[O])[OH].[O]=[Mo](=[O])([OH])[OH]. The molecule has 0 aliphatic heterocycles. The van der Waals surface area contributed by atoms with E-state index < -0.39 is 41.3 Å². The van der Waals surface area contributed by atoms with Crippen LogP contribution in [0.5, 0.6) is 0 Å². The van der Waals surface area contributed by atoms with Crippen LogP contribution in [0.2, 0.25) is 0 Å². The molecule has 0 saturated carbocycles. The van der Waals surface area contributed by atoms with E-state index in [1.165, 1.54) is 0 Å². The molecule has 0 aromatic rings. The van der Waals surface area contributed by atoms with Gasteiger partial charge in [-0.05, 0) is 0 Å². The van der Waals surface area contributed by atoms with E-state index >= 15 is 0 Å². The van der Waals surface area contributed by atoms with E-state index in [0.717, 1.165) is 0 Å². The normalized spacial score (nSPS) is 12.9. The summed E-state index contributed by atoms with van der Waals surface area (Å²) >= 11 is -11.7. The van der Waals surface area contributed by atoms with Crippen molar-refractivity contribution < 1.29 is 75.9 Å². The molecule has 0 aliphatic carbocycles. The standard InChI is InChI=1S/Mo.H3O4P.3H2O.4O.W/c;1-5(2,3)4;;;;;;;;/h;(H3,1,2,3,4);3*1H2;;;;;/q+2;;;;;;;;;+2/p-4. The Labute approximate surface area is 83.6 Å². The summed E-state index contributed by atoms with van der Waals surface area (Å²) in [5.74, 6) is 0. The first-order valence-corrected chi connectivity index (χ1v) is 12.0. The number of hydrogen-bond donors (Lipinski definition) is 5. The molecule has 5 N–H and O–H groups in total. The van der Waals surface area contributed by atoms with E-state index in [0.29, 0.717) is 0 Å². The van der Waals surface area contributed by atoms with Crippen LogP contribution < -0.4 is 0 Å². The van der Waals surface area contributed by atoms with Crippen molar-refractivity contribution in [1.82, 2.24) is 0 Å². The van der Waals surface area contributed by atoms with Crippen molar-refractivity contribution in [3.8, 4) is 0 Å². The first kappa shape index (κ1) is 17.0. The summed E-state index contributed by atoms with van der Waals surface area (Å²) in [7, 11) is -5.07. The van der Waals surface area contributed by atoms with Crippen LogP contribution in [-0.2, 0) is 54.8 Å². The van der Waals surface area contributed by atoms with Gasteiger partial charge in [0.1, 0.15) is 0 Å². The summed E-state index contributed by atoms with van der Waals surface area (Å²) in [6.07, 6.45) is 0. The van der Waals surface area contributed by atoms with Gasteiger partial charge in [0.25, 0.3) is 0 Å². The van der Waals surface area contributed by atoms with E-state index in [2.05, 4.69) is 3.18 Å². The molecule has 11 nitrogen and oxygen atoms in total. The maximum absolute atomic E-state index is 9.61. The molecule has 0 rings (SSSR count). The molecule has 0 saturated heterocycles. The molecule has 0 aromatic carbocycles. The Morgan fingerprint density at radius 3 is 1.36 bits per heavy atom. The molecule has 0 heterocycles. The Bertz CT molecular complexity index is 383. The van der Waals surface area contributed by atoms with Crippen LogP contribution in [0.3, 0.4) is 0 Å². The zero-order valence-electron chi connectivity index (χ0n) is 5.95. The monoisotopic (exact) mass is 494 g/mol. The predicted molar refractivity (Wildman–Crippen MR) is 22.5 cm³/mol. The van der Waals surface area contributed by atoms with Crippen LogP contribution in [0, 0.1) is 0 Å². The zero-order valence-corrected chi connectivity index (χ0v) is 11.8. The molecule has 14 heavy (non-hydrogen) atoms. The molecule has 0 spiro atoms. The van der Waals surface area contributed by atoms with Crippen LogP contribution >= 0.6 is 7.82 Å². The second kappa shape index (κ2) is 5.60. The molecule has 0 aliphatic rings.